The molecular weight excluding hydrogens is 266 g/mol. The van der Waals surface area contributed by atoms with Crippen molar-refractivity contribution in [2.24, 2.45) is 11.0 Å². The molecule has 1 unspecified atom stereocenters. The summed E-state index contributed by atoms with van der Waals surface area (Å²) in [5.41, 5.74) is 7.85. The zero-order valence-corrected chi connectivity index (χ0v) is 11.1. The average molecular weight is 281 g/mol. The van der Waals surface area contributed by atoms with Gasteiger partial charge in [-0.2, -0.15) is 0 Å². The summed E-state index contributed by atoms with van der Waals surface area (Å²) >= 11 is 0. The first-order valence-electron chi connectivity index (χ1n) is 6.12. The highest BCUT2D eigenvalue weighted by atomic mass is 16.5. The van der Waals surface area contributed by atoms with E-state index >= 15 is 0 Å². The summed E-state index contributed by atoms with van der Waals surface area (Å²) in [6, 6.07) is -0.639. The van der Waals surface area contributed by atoms with E-state index in [0.29, 0.717) is 5.56 Å². The molecule has 1 aliphatic rings. The number of aromatic amines is 1. The minimum absolute atomic E-state index is 0.244. The Labute approximate surface area is 113 Å². The Balaban J connectivity index is 2.50. The topological polar surface area (TPSA) is 133 Å². The van der Waals surface area contributed by atoms with Gasteiger partial charge in [0.2, 0.25) is 0 Å². The maximum Gasteiger partial charge on any atom is 0.330 e. The van der Waals surface area contributed by atoms with Gasteiger partial charge in [0.15, 0.2) is 0 Å². The molecule has 108 valence electrons. The Hall–Kier alpha value is -2.09. The number of nitrogens with zero attached hydrogens (tertiary/aromatic N) is 4. The summed E-state index contributed by atoms with van der Waals surface area (Å²) in [7, 11) is 0. The summed E-state index contributed by atoms with van der Waals surface area (Å²) in [6.45, 7) is 3.08. The van der Waals surface area contributed by atoms with Gasteiger partial charge in [-0.05, 0) is 18.4 Å². The molecule has 1 aromatic rings. The van der Waals surface area contributed by atoms with E-state index in [1.54, 1.807) is 13.8 Å². The Morgan fingerprint density at radius 2 is 2.30 bits per heavy atom. The van der Waals surface area contributed by atoms with Crippen LogP contribution in [-0.2, 0) is 4.74 Å². The molecule has 0 radical (unpaired) electrons. The number of nitrogens with one attached hydrogen (secondary N) is 1. The lowest BCUT2D eigenvalue weighted by atomic mass is 9.99. The van der Waals surface area contributed by atoms with Crippen molar-refractivity contribution < 1.29 is 9.84 Å². The summed E-state index contributed by atoms with van der Waals surface area (Å²) in [6.07, 6.45) is -0.0196. The fourth-order valence-corrected chi connectivity index (χ4v) is 2.30. The highest BCUT2D eigenvalue weighted by molar-refractivity contribution is 5.03. The van der Waals surface area contributed by atoms with Crippen molar-refractivity contribution in [2.75, 3.05) is 6.61 Å². The van der Waals surface area contributed by atoms with E-state index in [2.05, 4.69) is 15.0 Å². The normalized spacial score (nSPS) is 29.1. The van der Waals surface area contributed by atoms with Gasteiger partial charge >= 0.3 is 5.69 Å². The fraction of sp³-hybridized carbons (Fsp3) is 0.636. The van der Waals surface area contributed by atoms with Crippen LogP contribution in [0, 0.1) is 12.8 Å². The third-order valence-electron chi connectivity index (χ3n) is 3.52. The van der Waals surface area contributed by atoms with Crippen LogP contribution in [0.25, 0.3) is 10.4 Å². The van der Waals surface area contributed by atoms with Crippen LogP contribution in [0.15, 0.2) is 20.9 Å². The van der Waals surface area contributed by atoms with Crippen LogP contribution in [-0.4, -0.2) is 33.4 Å². The molecule has 1 saturated heterocycles. The van der Waals surface area contributed by atoms with Crippen LogP contribution in [0.5, 0.6) is 0 Å². The maximum absolute atomic E-state index is 11.9. The van der Waals surface area contributed by atoms with Crippen molar-refractivity contribution in [1.82, 2.24) is 9.55 Å². The predicted molar refractivity (Wildman–Crippen MR) is 69.2 cm³/mol. The number of hydrogen-bond donors (Lipinski definition) is 2. The van der Waals surface area contributed by atoms with E-state index in [-0.39, 0.29) is 12.5 Å². The van der Waals surface area contributed by atoms with Crippen molar-refractivity contribution in [3.8, 4) is 0 Å². The molecule has 9 heteroatoms. The number of H-pyrrole nitrogens is 1. The standard InChI is InChI=1S/C11H15N5O4/c1-5-3-16(11(19)13-9(5)18)10-8(14-15-12)6(2)7(4-17)20-10/h3,6-8,10,17H,4H2,1-2H3,(H,13,18,19)/t6?,7-,8-,10-/m1/s1. The number of aryl methyl sites for hydroxylation is 1. The van der Waals surface area contributed by atoms with Gasteiger partial charge in [0.1, 0.15) is 6.23 Å². The molecule has 9 nitrogen and oxygen atoms in total. The van der Waals surface area contributed by atoms with Crippen molar-refractivity contribution >= 4 is 0 Å². The molecule has 0 bridgehead atoms. The van der Waals surface area contributed by atoms with Crippen molar-refractivity contribution in [3.63, 3.8) is 0 Å². The van der Waals surface area contributed by atoms with Crippen LogP contribution < -0.4 is 11.2 Å². The second-order valence-corrected chi connectivity index (χ2v) is 4.78. The van der Waals surface area contributed by atoms with E-state index < -0.39 is 29.6 Å². The molecule has 2 N–H and O–H groups in total. The van der Waals surface area contributed by atoms with Crippen molar-refractivity contribution in [3.05, 3.63) is 43.0 Å². The van der Waals surface area contributed by atoms with Crippen LogP contribution >= 0.6 is 0 Å². The van der Waals surface area contributed by atoms with Gasteiger partial charge in [-0.15, -0.1) is 0 Å². The largest absolute Gasteiger partial charge is 0.394 e. The zero-order valence-electron chi connectivity index (χ0n) is 11.1. The third-order valence-corrected chi connectivity index (χ3v) is 3.52. The fourth-order valence-electron chi connectivity index (χ4n) is 2.30. The number of aliphatic hydroxyl groups excluding tert-OH is 1. The van der Waals surface area contributed by atoms with E-state index in [1.165, 1.54) is 10.8 Å². The Morgan fingerprint density at radius 3 is 2.90 bits per heavy atom. The quantitative estimate of drug-likeness (QED) is 0.460. The number of aromatic nitrogens is 2. The molecule has 0 saturated carbocycles. The Kier molecular flexibility index (Phi) is 3.93. The molecule has 4 atom stereocenters. The molecule has 20 heavy (non-hydrogen) atoms. The van der Waals surface area contributed by atoms with Gasteiger partial charge in [-0.25, -0.2) is 4.79 Å². The number of aliphatic hydroxyl groups is 1. The number of azide groups is 1. The lowest BCUT2D eigenvalue weighted by Crippen LogP contribution is -2.36. The lowest BCUT2D eigenvalue weighted by molar-refractivity contribution is -0.0335. The first-order chi connectivity index (χ1) is 9.49. The Morgan fingerprint density at radius 1 is 1.60 bits per heavy atom. The third kappa shape index (κ3) is 2.34. The minimum Gasteiger partial charge on any atom is -0.394 e. The summed E-state index contributed by atoms with van der Waals surface area (Å²) < 4.78 is 6.76. The summed E-state index contributed by atoms with van der Waals surface area (Å²) in [5, 5.41) is 12.9. The number of ether oxygens (including phenoxy) is 1. The number of rotatable bonds is 3. The minimum atomic E-state index is -0.846. The van der Waals surface area contributed by atoms with Crippen LogP contribution in [0.1, 0.15) is 18.7 Å². The second-order valence-electron chi connectivity index (χ2n) is 4.78. The monoisotopic (exact) mass is 281 g/mol. The maximum atomic E-state index is 11.9. The lowest BCUT2D eigenvalue weighted by Gasteiger charge is -2.18. The van der Waals surface area contributed by atoms with Crippen molar-refractivity contribution in [1.29, 1.82) is 0 Å². The first kappa shape index (κ1) is 14.3. The molecule has 1 aliphatic heterocycles. The molecule has 0 aliphatic carbocycles. The van der Waals surface area contributed by atoms with E-state index in [4.69, 9.17) is 10.3 Å². The van der Waals surface area contributed by atoms with Gasteiger partial charge in [0.05, 0.1) is 18.8 Å². The van der Waals surface area contributed by atoms with E-state index in [9.17, 15) is 14.7 Å². The van der Waals surface area contributed by atoms with Crippen molar-refractivity contribution in [2.45, 2.75) is 32.2 Å². The van der Waals surface area contributed by atoms with Gasteiger partial charge in [-0.1, -0.05) is 12.0 Å². The molecule has 0 spiro atoms. The smallest absolute Gasteiger partial charge is 0.330 e. The average Bonchev–Trinajstić information content (AvgIpc) is 2.72. The predicted octanol–water partition coefficient (Wildman–Crippen LogP) is 0.0497. The molecule has 1 fully saturated rings. The van der Waals surface area contributed by atoms with Crippen LogP contribution in [0.2, 0.25) is 0 Å². The molecular formula is C11H15N5O4. The van der Waals surface area contributed by atoms with Gasteiger partial charge in [0.25, 0.3) is 5.56 Å². The number of hydrogen-bond acceptors (Lipinski definition) is 5. The highest BCUT2D eigenvalue weighted by Crippen LogP contribution is 2.35. The van der Waals surface area contributed by atoms with Crippen LogP contribution in [0.3, 0.4) is 0 Å². The Bertz CT molecular complexity index is 660. The zero-order chi connectivity index (χ0) is 14.9. The molecule has 0 amide bonds. The van der Waals surface area contributed by atoms with E-state index in [0.717, 1.165) is 0 Å². The molecule has 2 rings (SSSR count). The molecule has 1 aromatic heterocycles. The molecule has 0 aromatic carbocycles. The first-order valence-corrected chi connectivity index (χ1v) is 6.12. The van der Waals surface area contributed by atoms with Gasteiger partial charge < -0.3 is 9.84 Å². The summed E-state index contributed by atoms with van der Waals surface area (Å²) in [5.74, 6) is -0.250. The molecule has 2 heterocycles. The highest BCUT2D eigenvalue weighted by Gasteiger charge is 2.42. The van der Waals surface area contributed by atoms with Gasteiger partial charge in [-0.3, -0.25) is 14.3 Å². The van der Waals surface area contributed by atoms with E-state index in [1.807, 2.05) is 0 Å². The van der Waals surface area contributed by atoms with Gasteiger partial charge in [0, 0.05) is 16.7 Å². The summed E-state index contributed by atoms with van der Waals surface area (Å²) in [4.78, 5) is 28.2. The SMILES string of the molecule is Cc1cn([C@@H]2O[C@H](CO)C(C)[C@H]2N=[N+]=[N-])c(=O)[nH]c1=O. The van der Waals surface area contributed by atoms with Crippen LogP contribution in [0.4, 0.5) is 0 Å². The second kappa shape index (κ2) is 5.49.